The zero-order valence-electron chi connectivity index (χ0n) is 11.5. The molecule has 1 N–H and O–H groups in total. The molecule has 0 bridgehead atoms. The minimum Gasteiger partial charge on any atom is -0.375 e. The van der Waals surface area contributed by atoms with Crippen LogP contribution >= 0.6 is 0 Å². The van der Waals surface area contributed by atoms with E-state index in [1.54, 1.807) is 0 Å². The van der Waals surface area contributed by atoms with E-state index in [0.29, 0.717) is 19.1 Å². The number of amides is 1. The van der Waals surface area contributed by atoms with Gasteiger partial charge in [0.05, 0.1) is 18.8 Å². The lowest BCUT2D eigenvalue weighted by Gasteiger charge is -2.38. The first-order valence-electron chi connectivity index (χ1n) is 6.69. The van der Waals surface area contributed by atoms with Gasteiger partial charge in [-0.1, -0.05) is 20.8 Å². The molecule has 1 rings (SSSR count). The van der Waals surface area contributed by atoms with Gasteiger partial charge in [0.1, 0.15) is 0 Å². The number of carbonyl (C=O) groups excluding carboxylic acids is 1. The van der Waals surface area contributed by atoms with Crippen molar-refractivity contribution in [1.29, 1.82) is 0 Å². The van der Waals surface area contributed by atoms with Crippen molar-refractivity contribution in [3.8, 4) is 0 Å². The molecule has 0 spiro atoms. The second-order valence-electron chi connectivity index (χ2n) is 5.11. The first-order chi connectivity index (χ1) is 8.04. The number of rotatable bonds is 5. The topological polar surface area (TPSA) is 41.6 Å². The van der Waals surface area contributed by atoms with Crippen LogP contribution in [0.3, 0.4) is 0 Å². The number of carbonyl (C=O) groups is 1. The predicted molar refractivity (Wildman–Crippen MR) is 69.0 cm³/mol. The van der Waals surface area contributed by atoms with Gasteiger partial charge in [0.2, 0.25) is 5.91 Å². The van der Waals surface area contributed by atoms with Crippen LogP contribution in [0.25, 0.3) is 0 Å². The summed E-state index contributed by atoms with van der Waals surface area (Å²) in [5.74, 6) is 0.250. The maximum Gasteiger partial charge on any atom is 0.224 e. The molecule has 1 heterocycles. The first-order valence-corrected chi connectivity index (χ1v) is 6.69. The van der Waals surface area contributed by atoms with Crippen molar-refractivity contribution < 1.29 is 9.53 Å². The quantitative estimate of drug-likeness (QED) is 0.792. The highest BCUT2D eigenvalue weighted by Crippen LogP contribution is 2.15. The number of nitrogens with one attached hydrogen (secondary N) is 1. The number of hydrogen-bond acceptors (Lipinski definition) is 3. The molecule has 0 aliphatic carbocycles. The molecule has 0 aromatic rings. The van der Waals surface area contributed by atoms with Gasteiger partial charge in [0.15, 0.2) is 0 Å². The van der Waals surface area contributed by atoms with Gasteiger partial charge >= 0.3 is 0 Å². The van der Waals surface area contributed by atoms with Crippen molar-refractivity contribution in [2.75, 3.05) is 19.7 Å². The molecule has 4 heteroatoms. The molecule has 2 unspecified atom stereocenters. The summed E-state index contributed by atoms with van der Waals surface area (Å²) in [5, 5.41) is 3.28. The maximum atomic E-state index is 12.1. The molecule has 0 radical (unpaired) electrons. The minimum absolute atomic E-state index is 0.166. The van der Waals surface area contributed by atoms with Crippen LogP contribution in [0.5, 0.6) is 0 Å². The van der Waals surface area contributed by atoms with E-state index in [1.165, 1.54) is 0 Å². The smallest absolute Gasteiger partial charge is 0.224 e. The van der Waals surface area contributed by atoms with Crippen molar-refractivity contribution in [2.45, 2.75) is 58.7 Å². The zero-order chi connectivity index (χ0) is 12.8. The van der Waals surface area contributed by atoms with Crippen molar-refractivity contribution >= 4 is 5.91 Å². The molecule has 1 saturated heterocycles. The Balaban J connectivity index is 2.41. The normalized spacial score (nSPS) is 25.4. The Hall–Kier alpha value is -0.610. The van der Waals surface area contributed by atoms with E-state index in [0.717, 1.165) is 19.5 Å². The van der Waals surface area contributed by atoms with Crippen molar-refractivity contribution in [3.63, 3.8) is 0 Å². The molecule has 0 aromatic heterocycles. The average molecular weight is 242 g/mol. The van der Waals surface area contributed by atoms with Gasteiger partial charge in [0, 0.05) is 25.6 Å². The van der Waals surface area contributed by atoms with Crippen LogP contribution in [0.4, 0.5) is 0 Å². The molecule has 1 aliphatic heterocycles. The zero-order valence-corrected chi connectivity index (χ0v) is 11.5. The summed E-state index contributed by atoms with van der Waals surface area (Å²) in [7, 11) is 0. The van der Waals surface area contributed by atoms with E-state index in [1.807, 2.05) is 11.8 Å². The van der Waals surface area contributed by atoms with Crippen LogP contribution in [0, 0.1) is 0 Å². The van der Waals surface area contributed by atoms with E-state index in [-0.39, 0.29) is 18.1 Å². The highest BCUT2D eigenvalue weighted by molar-refractivity contribution is 5.76. The summed E-state index contributed by atoms with van der Waals surface area (Å²) in [6, 6.07) is 0.700. The second kappa shape index (κ2) is 6.97. The number of hydrogen-bond donors (Lipinski definition) is 1. The van der Waals surface area contributed by atoms with Crippen LogP contribution in [0.15, 0.2) is 0 Å². The van der Waals surface area contributed by atoms with Crippen molar-refractivity contribution in [2.24, 2.45) is 0 Å². The highest BCUT2D eigenvalue weighted by atomic mass is 16.5. The van der Waals surface area contributed by atoms with E-state index >= 15 is 0 Å². The van der Waals surface area contributed by atoms with Gasteiger partial charge in [-0.2, -0.15) is 0 Å². The molecule has 17 heavy (non-hydrogen) atoms. The number of nitrogens with zero attached hydrogens (tertiary/aromatic N) is 1. The van der Waals surface area contributed by atoms with Gasteiger partial charge in [-0.3, -0.25) is 4.79 Å². The summed E-state index contributed by atoms with van der Waals surface area (Å²) < 4.78 is 5.59. The fourth-order valence-corrected chi connectivity index (χ4v) is 2.10. The molecule has 2 atom stereocenters. The van der Waals surface area contributed by atoms with Crippen molar-refractivity contribution in [1.82, 2.24) is 10.2 Å². The third-order valence-electron chi connectivity index (χ3n) is 3.15. The Morgan fingerprint density at radius 3 is 2.82 bits per heavy atom. The molecular formula is C13H26N2O2. The Labute approximate surface area is 105 Å². The summed E-state index contributed by atoms with van der Waals surface area (Å²) in [6.45, 7) is 10.5. The maximum absolute atomic E-state index is 12.1. The Morgan fingerprint density at radius 1 is 1.53 bits per heavy atom. The number of morpholine rings is 1. The van der Waals surface area contributed by atoms with E-state index in [9.17, 15) is 4.79 Å². The second-order valence-corrected chi connectivity index (χ2v) is 5.11. The van der Waals surface area contributed by atoms with Gasteiger partial charge in [-0.25, -0.2) is 0 Å². The standard InChI is InChI=1S/C13H26N2O2/c1-5-12-9-17-11(4)8-15(12)13(16)6-7-14-10(2)3/h10-12,14H,5-9H2,1-4H3. The van der Waals surface area contributed by atoms with Crippen LogP contribution in [-0.4, -0.2) is 48.7 Å². The first kappa shape index (κ1) is 14.5. The largest absolute Gasteiger partial charge is 0.375 e. The fraction of sp³-hybridized carbons (Fsp3) is 0.923. The predicted octanol–water partition coefficient (Wildman–Crippen LogP) is 1.40. The lowest BCUT2D eigenvalue weighted by molar-refractivity contribution is -0.144. The van der Waals surface area contributed by atoms with Crippen LogP contribution < -0.4 is 5.32 Å². The lowest BCUT2D eigenvalue weighted by Crippen LogP contribution is -2.51. The molecule has 4 nitrogen and oxygen atoms in total. The Kier molecular flexibility index (Phi) is 5.92. The molecule has 1 aliphatic rings. The SMILES string of the molecule is CCC1COC(C)CN1C(=O)CCNC(C)C. The van der Waals surface area contributed by atoms with Gasteiger partial charge < -0.3 is 15.0 Å². The van der Waals surface area contributed by atoms with Gasteiger partial charge in [-0.05, 0) is 13.3 Å². The monoisotopic (exact) mass is 242 g/mol. The van der Waals surface area contributed by atoms with Gasteiger partial charge in [0.25, 0.3) is 0 Å². The third-order valence-corrected chi connectivity index (χ3v) is 3.15. The van der Waals surface area contributed by atoms with Crippen LogP contribution in [0.1, 0.15) is 40.5 Å². The van der Waals surface area contributed by atoms with E-state index < -0.39 is 0 Å². The molecular weight excluding hydrogens is 216 g/mol. The minimum atomic E-state index is 0.166. The Morgan fingerprint density at radius 2 is 2.24 bits per heavy atom. The number of ether oxygens (including phenoxy) is 1. The van der Waals surface area contributed by atoms with E-state index in [4.69, 9.17) is 4.74 Å². The van der Waals surface area contributed by atoms with Crippen molar-refractivity contribution in [3.05, 3.63) is 0 Å². The molecule has 1 amide bonds. The van der Waals surface area contributed by atoms with Crippen LogP contribution in [0.2, 0.25) is 0 Å². The highest BCUT2D eigenvalue weighted by Gasteiger charge is 2.28. The van der Waals surface area contributed by atoms with E-state index in [2.05, 4.69) is 26.1 Å². The molecule has 1 fully saturated rings. The lowest BCUT2D eigenvalue weighted by atomic mass is 10.1. The summed E-state index contributed by atoms with van der Waals surface area (Å²) in [4.78, 5) is 14.1. The molecule has 0 saturated carbocycles. The Bertz CT molecular complexity index is 244. The summed E-state index contributed by atoms with van der Waals surface area (Å²) >= 11 is 0. The summed E-state index contributed by atoms with van der Waals surface area (Å²) in [5.41, 5.74) is 0. The third kappa shape index (κ3) is 4.64. The summed E-state index contributed by atoms with van der Waals surface area (Å²) in [6.07, 6.45) is 1.72. The fourth-order valence-electron chi connectivity index (χ4n) is 2.10. The van der Waals surface area contributed by atoms with Crippen LogP contribution in [-0.2, 0) is 9.53 Å². The average Bonchev–Trinajstić information content (AvgIpc) is 2.28. The molecule has 100 valence electrons. The molecule has 0 aromatic carbocycles. The van der Waals surface area contributed by atoms with Gasteiger partial charge in [-0.15, -0.1) is 0 Å².